The van der Waals surface area contributed by atoms with Crippen molar-refractivity contribution in [1.82, 2.24) is 0 Å². The molecule has 22 heavy (non-hydrogen) atoms. The average molecular weight is 321 g/mol. The fourth-order valence-electron chi connectivity index (χ4n) is 1.93. The molecular weight excluding hydrogens is 302 g/mol. The van der Waals surface area contributed by atoms with Crippen molar-refractivity contribution in [2.45, 2.75) is 50.9 Å². The molecule has 0 bridgehead atoms. The molecule has 7 heteroatoms. The number of benzene rings is 1. The number of nitrogens with two attached hydrogens (primary N) is 1. The van der Waals surface area contributed by atoms with Crippen molar-refractivity contribution >= 4 is 5.97 Å². The molecule has 3 nitrogen and oxygen atoms in total. The highest BCUT2D eigenvalue weighted by Crippen LogP contribution is 2.31. The first-order valence-corrected chi connectivity index (χ1v) is 6.65. The first-order valence-electron chi connectivity index (χ1n) is 6.65. The zero-order valence-electron chi connectivity index (χ0n) is 12.6. The highest BCUT2D eigenvalue weighted by molar-refractivity contribution is 5.81. The van der Waals surface area contributed by atoms with Crippen LogP contribution in [-0.2, 0) is 16.0 Å². The second-order valence-electron chi connectivity index (χ2n) is 6.22. The molecule has 0 fully saturated rings. The van der Waals surface area contributed by atoms with E-state index in [1.165, 1.54) is 39.0 Å². The molecule has 0 saturated carbocycles. The van der Waals surface area contributed by atoms with Crippen LogP contribution in [-0.4, -0.2) is 23.3 Å². The van der Waals surface area contributed by atoms with E-state index in [-0.39, 0.29) is 5.56 Å². The molecule has 0 saturated heterocycles. The molecule has 1 aromatic carbocycles. The molecule has 124 valence electrons. The van der Waals surface area contributed by atoms with Crippen LogP contribution >= 0.6 is 0 Å². The van der Waals surface area contributed by atoms with E-state index in [2.05, 4.69) is 0 Å². The van der Waals surface area contributed by atoms with E-state index < -0.39 is 41.9 Å². The highest BCUT2D eigenvalue weighted by Gasteiger charge is 2.47. The Labute approximate surface area is 126 Å². The highest BCUT2D eigenvalue weighted by atomic mass is 19.4. The van der Waals surface area contributed by atoms with Crippen LogP contribution < -0.4 is 5.73 Å². The molecule has 1 aromatic rings. The molecule has 0 aliphatic carbocycles. The first-order chi connectivity index (χ1) is 9.82. The van der Waals surface area contributed by atoms with Crippen molar-refractivity contribution in [2.75, 3.05) is 0 Å². The van der Waals surface area contributed by atoms with Gasteiger partial charge in [-0.25, -0.2) is 4.39 Å². The van der Waals surface area contributed by atoms with Crippen LogP contribution in [0.3, 0.4) is 0 Å². The summed E-state index contributed by atoms with van der Waals surface area (Å²) < 4.78 is 56.9. The van der Waals surface area contributed by atoms with Crippen molar-refractivity contribution in [2.24, 2.45) is 5.73 Å². The summed E-state index contributed by atoms with van der Waals surface area (Å²) in [6.07, 6.45) is -6.88. The van der Waals surface area contributed by atoms with Gasteiger partial charge in [-0.1, -0.05) is 18.2 Å². The summed E-state index contributed by atoms with van der Waals surface area (Å²) in [6, 6.07) is 5.24. The van der Waals surface area contributed by atoms with Crippen LogP contribution in [0.4, 0.5) is 17.6 Å². The number of hydrogen-bond donors (Lipinski definition) is 1. The van der Waals surface area contributed by atoms with Gasteiger partial charge in [-0.2, -0.15) is 13.2 Å². The molecule has 0 aliphatic heterocycles. The van der Waals surface area contributed by atoms with Gasteiger partial charge in [0.1, 0.15) is 17.0 Å². The molecule has 0 unspecified atom stereocenters. The lowest BCUT2D eigenvalue weighted by Crippen LogP contribution is -2.55. The van der Waals surface area contributed by atoms with Crippen molar-refractivity contribution in [3.05, 3.63) is 35.6 Å². The third kappa shape index (κ3) is 5.63. The van der Waals surface area contributed by atoms with Crippen LogP contribution in [0.1, 0.15) is 32.8 Å². The first kappa shape index (κ1) is 18.4. The molecule has 0 radical (unpaired) electrons. The van der Waals surface area contributed by atoms with E-state index in [1.54, 1.807) is 0 Å². The number of halogens is 4. The monoisotopic (exact) mass is 321 g/mol. The molecule has 0 aromatic heterocycles. The molecule has 0 heterocycles. The summed E-state index contributed by atoms with van der Waals surface area (Å²) in [5.41, 5.74) is 2.23. The number of carbonyl (C=O) groups excluding carboxylic acids is 1. The Morgan fingerprint density at radius 2 is 1.73 bits per heavy atom. The van der Waals surface area contributed by atoms with Gasteiger partial charge in [0.05, 0.1) is 6.42 Å². The Hall–Kier alpha value is -1.63. The Morgan fingerprint density at radius 3 is 2.18 bits per heavy atom. The molecule has 0 aliphatic rings. The van der Waals surface area contributed by atoms with E-state index in [0.717, 1.165) is 6.07 Å². The van der Waals surface area contributed by atoms with E-state index in [0.29, 0.717) is 0 Å². The largest absolute Gasteiger partial charge is 0.459 e. The SMILES string of the molecule is CC(C)(C)OC(=O)[C@](N)(Cc1ccccc1F)CC(F)(F)F. The van der Waals surface area contributed by atoms with Crippen LogP contribution in [0, 0.1) is 5.82 Å². The minimum atomic E-state index is -4.68. The lowest BCUT2D eigenvalue weighted by Gasteiger charge is -2.32. The summed E-state index contributed by atoms with van der Waals surface area (Å²) in [7, 11) is 0. The van der Waals surface area contributed by atoms with Crippen LogP contribution in [0.25, 0.3) is 0 Å². The predicted octanol–water partition coefficient (Wildman–Crippen LogP) is 3.36. The minimum Gasteiger partial charge on any atom is -0.459 e. The maximum Gasteiger partial charge on any atom is 0.391 e. The maximum atomic E-state index is 13.7. The number of carbonyl (C=O) groups is 1. The molecular formula is C15H19F4NO2. The second kappa shape index (κ2) is 6.24. The summed E-state index contributed by atoms with van der Waals surface area (Å²) in [5, 5.41) is 0. The van der Waals surface area contributed by atoms with Gasteiger partial charge in [0, 0.05) is 6.42 Å². The number of ether oxygens (including phenoxy) is 1. The molecule has 0 spiro atoms. The van der Waals surface area contributed by atoms with Gasteiger partial charge in [-0.3, -0.25) is 4.79 Å². The van der Waals surface area contributed by atoms with Gasteiger partial charge < -0.3 is 10.5 Å². The third-order valence-electron chi connectivity index (χ3n) is 2.79. The van der Waals surface area contributed by atoms with Crippen molar-refractivity contribution in [3.8, 4) is 0 Å². The minimum absolute atomic E-state index is 0.0693. The van der Waals surface area contributed by atoms with Crippen molar-refractivity contribution in [1.29, 1.82) is 0 Å². The fourth-order valence-corrected chi connectivity index (χ4v) is 1.93. The standard InChI is InChI=1S/C15H19F4NO2/c1-13(2,3)22-12(21)14(20,9-15(17,18)19)8-10-6-4-5-7-11(10)16/h4-7H,8-9,20H2,1-3H3/t14-/m0/s1. The molecule has 1 atom stereocenters. The van der Waals surface area contributed by atoms with Gasteiger partial charge in [0.2, 0.25) is 0 Å². The smallest absolute Gasteiger partial charge is 0.391 e. The number of alkyl halides is 3. The summed E-state index contributed by atoms with van der Waals surface area (Å²) >= 11 is 0. The zero-order chi connectivity index (χ0) is 17.2. The molecule has 2 N–H and O–H groups in total. The summed E-state index contributed by atoms with van der Waals surface area (Å²) in [4.78, 5) is 12.1. The summed E-state index contributed by atoms with van der Waals surface area (Å²) in [5.74, 6) is -1.93. The fraction of sp³-hybridized carbons (Fsp3) is 0.533. The Morgan fingerprint density at radius 1 is 1.18 bits per heavy atom. The van der Waals surface area contributed by atoms with Crippen molar-refractivity contribution in [3.63, 3.8) is 0 Å². The predicted molar refractivity (Wildman–Crippen MR) is 73.5 cm³/mol. The van der Waals surface area contributed by atoms with Crippen LogP contribution in [0.2, 0.25) is 0 Å². The Kier molecular flexibility index (Phi) is 5.22. The Bertz CT molecular complexity index is 537. The number of esters is 1. The van der Waals surface area contributed by atoms with E-state index in [9.17, 15) is 22.4 Å². The molecule has 0 amide bonds. The third-order valence-corrected chi connectivity index (χ3v) is 2.79. The van der Waals surface area contributed by atoms with Gasteiger partial charge in [0.25, 0.3) is 0 Å². The Balaban J connectivity index is 3.12. The van der Waals surface area contributed by atoms with Crippen LogP contribution in [0.15, 0.2) is 24.3 Å². The summed E-state index contributed by atoms with van der Waals surface area (Å²) in [6.45, 7) is 4.55. The van der Waals surface area contributed by atoms with E-state index in [1.807, 2.05) is 0 Å². The zero-order valence-corrected chi connectivity index (χ0v) is 12.6. The number of hydrogen-bond acceptors (Lipinski definition) is 3. The van der Waals surface area contributed by atoms with Gasteiger partial charge in [-0.05, 0) is 32.4 Å². The van der Waals surface area contributed by atoms with Gasteiger partial charge in [0.15, 0.2) is 0 Å². The maximum absolute atomic E-state index is 13.7. The van der Waals surface area contributed by atoms with E-state index in [4.69, 9.17) is 10.5 Å². The van der Waals surface area contributed by atoms with Crippen LogP contribution in [0.5, 0.6) is 0 Å². The van der Waals surface area contributed by atoms with E-state index >= 15 is 0 Å². The number of rotatable bonds is 4. The normalized spacial score (nSPS) is 15.3. The lowest BCUT2D eigenvalue weighted by atomic mass is 9.87. The van der Waals surface area contributed by atoms with Gasteiger partial charge >= 0.3 is 12.1 Å². The quantitative estimate of drug-likeness (QED) is 0.683. The molecule has 1 rings (SSSR count). The van der Waals surface area contributed by atoms with Crippen molar-refractivity contribution < 1.29 is 27.1 Å². The van der Waals surface area contributed by atoms with Gasteiger partial charge in [-0.15, -0.1) is 0 Å². The lowest BCUT2D eigenvalue weighted by molar-refractivity contribution is -0.179. The topological polar surface area (TPSA) is 52.3 Å². The average Bonchev–Trinajstić information content (AvgIpc) is 2.27. The second-order valence-corrected chi connectivity index (χ2v) is 6.22.